The summed E-state index contributed by atoms with van der Waals surface area (Å²) in [5.74, 6) is -0.688. The molecule has 0 aromatic rings. The van der Waals surface area contributed by atoms with Gasteiger partial charge in [0.2, 0.25) is 5.60 Å². The van der Waals surface area contributed by atoms with Crippen molar-refractivity contribution in [2.45, 2.75) is 34.3 Å². The second kappa shape index (κ2) is 2.45. The van der Waals surface area contributed by atoms with E-state index in [1.54, 1.807) is 0 Å². The number of primary amides is 1. The number of hydrogen-bond donors (Lipinski definition) is 1. The summed E-state index contributed by atoms with van der Waals surface area (Å²) in [4.78, 5) is 11.2. The Balaban J connectivity index is 2.41. The molecule has 6 heteroatoms. The van der Waals surface area contributed by atoms with Crippen molar-refractivity contribution in [1.82, 2.24) is 0 Å². The minimum absolute atomic E-state index is 0.466. The van der Waals surface area contributed by atoms with Crippen molar-refractivity contribution in [2.75, 3.05) is 0 Å². The van der Waals surface area contributed by atoms with Crippen LogP contribution in [0.4, 0.5) is 0 Å². The number of fused-ring (bicyclic) bond motifs is 1. The Kier molecular flexibility index (Phi) is 1.86. The topological polar surface area (TPSA) is 55.6 Å². The minimum atomic E-state index is -1.39. The van der Waals surface area contributed by atoms with Gasteiger partial charge in [0.1, 0.15) is 0 Å². The van der Waals surface area contributed by atoms with Crippen LogP contribution in [0, 0.1) is 0 Å². The van der Waals surface area contributed by atoms with E-state index in [9.17, 15) is 4.79 Å². The molecular weight excluding hydrogens is 236 g/mol. The molecule has 74 valence electrons. The van der Waals surface area contributed by atoms with Crippen molar-refractivity contribution in [3.8, 4) is 0 Å². The smallest absolute Gasteiger partial charge is 0.257 e. The quantitative estimate of drug-likeness (QED) is 0.562. The second-order valence-corrected chi connectivity index (χ2v) is 5.53. The van der Waals surface area contributed by atoms with Gasteiger partial charge in [0, 0.05) is 0 Å². The molecule has 0 spiro atoms. The van der Waals surface area contributed by atoms with Gasteiger partial charge < -0.3 is 10.5 Å². The predicted octanol–water partition coefficient (Wildman–Crippen LogP) is 1.53. The van der Waals surface area contributed by atoms with Crippen LogP contribution in [0.15, 0.2) is 0 Å². The summed E-state index contributed by atoms with van der Waals surface area (Å²) in [7, 11) is 0. The molecular formula is C7H8Cl3NO2. The highest BCUT2D eigenvalue weighted by Crippen LogP contribution is 2.67. The summed E-state index contributed by atoms with van der Waals surface area (Å²) in [5, 5.41) is -1.07. The third kappa shape index (κ3) is 0.990. The summed E-state index contributed by atoms with van der Waals surface area (Å²) in [6.07, 6.45) is 1.75. The fourth-order valence-electron chi connectivity index (χ4n) is 1.92. The highest BCUT2D eigenvalue weighted by molar-refractivity contribution is 6.52. The normalized spacial score (nSPS) is 46.7. The molecule has 1 saturated carbocycles. The minimum Gasteiger partial charge on any atom is -0.367 e. The highest BCUT2D eigenvalue weighted by atomic mass is 35.5. The number of halogens is 3. The number of alkyl halides is 3. The molecule has 2 rings (SSSR count). The number of carbonyl (C=O) groups excluding carboxylic acids is 1. The van der Waals surface area contributed by atoms with Gasteiger partial charge in [-0.3, -0.25) is 4.79 Å². The van der Waals surface area contributed by atoms with Gasteiger partial charge in [0.05, 0.1) is 0 Å². The van der Waals surface area contributed by atoms with Gasteiger partial charge in [0.25, 0.3) is 5.91 Å². The Morgan fingerprint density at radius 1 is 1.31 bits per heavy atom. The largest absolute Gasteiger partial charge is 0.367 e. The van der Waals surface area contributed by atoms with E-state index in [0.717, 1.165) is 6.42 Å². The molecule has 2 atom stereocenters. The van der Waals surface area contributed by atoms with Crippen LogP contribution in [-0.2, 0) is 9.53 Å². The van der Waals surface area contributed by atoms with Crippen LogP contribution in [-0.4, -0.2) is 20.9 Å². The lowest BCUT2D eigenvalue weighted by Gasteiger charge is -2.30. The lowest BCUT2D eigenvalue weighted by Crippen LogP contribution is -2.52. The fourth-order valence-corrected chi connectivity index (χ4v) is 3.36. The van der Waals surface area contributed by atoms with Crippen molar-refractivity contribution in [2.24, 2.45) is 5.73 Å². The van der Waals surface area contributed by atoms with Gasteiger partial charge in [-0.15, -0.1) is 0 Å². The maximum Gasteiger partial charge on any atom is 0.257 e. The van der Waals surface area contributed by atoms with E-state index in [1.165, 1.54) is 0 Å². The van der Waals surface area contributed by atoms with Crippen LogP contribution in [0.2, 0.25) is 0 Å². The maximum absolute atomic E-state index is 11.2. The third-order valence-corrected chi connectivity index (χ3v) is 4.09. The lowest BCUT2D eigenvalue weighted by molar-refractivity contribution is -0.123. The van der Waals surface area contributed by atoms with Gasteiger partial charge in [-0.05, 0) is 19.3 Å². The maximum atomic E-state index is 11.2. The standard InChI is InChI=1S/C7H8Cl3NO2/c8-5(9)2-1-3-6(10)7(5,13-6)4(11)12/h1-3H2,(H2,11,12)/t6-,7+/m1/s1. The fraction of sp³-hybridized carbons (Fsp3) is 0.857. The molecule has 1 heterocycles. The number of carbonyl (C=O) groups is 1. The van der Waals surface area contributed by atoms with Crippen molar-refractivity contribution in [3.63, 3.8) is 0 Å². The summed E-state index contributed by atoms with van der Waals surface area (Å²) in [5.41, 5.74) is 3.80. The van der Waals surface area contributed by atoms with Gasteiger partial charge in [-0.2, -0.15) is 0 Å². The van der Waals surface area contributed by atoms with Crippen LogP contribution < -0.4 is 5.73 Å². The Bertz CT molecular complexity index is 283. The molecule has 0 aromatic heterocycles. The Morgan fingerprint density at radius 3 is 2.31 bits per heavy atom. The zero-order valence-corrected chi connectivity index (χ0v) is 8.92. The van der Waals surface area contributed by atoms with E-state index in [4.69, 9.17) is 45.3 Å². The SMILES string of the molecule is NC(=O)[C@@]12O[C@]1(Cl)CCCC2(Cl)Cl. The molecule has 2 aliphatic rings. The molecule has 1 aliphatic heterocycles. The molecule has 0 unspecified atom stereocenters. The third-order valence-electron chi connectivity index (χ3n) is 2.65. The molecule has 0 radical (unpaired) electrons. The van der Waals surface area contributed by atoms with Crippen LogP contribution >= 0.6 is 34.8 Å². The van der Waals surface area contributed by atoms with E-state index in [-0.39, 0.29) is 0 Å². The molecule has 0 bridgehead atoms. The van der Waals surface area contributed by atoms with Crippen LogP contribution in [0.1, 0.15) is 19.3 Å². The number of hydrogen-bond acceptors (Lipinski definition) is 2. The molecule has 2 N–H and O–H groups in total. The van der Waals surface area contributed by atoms with Crippen molar-refractivity contribution < 1.29 is 9.53 Å². The summed E-state index contributed by atoms with van der Waals surface area (Å²) >= 11 is 17.9. The highest BCUT2D eigenvalue weighted by Gasteiger charge is 2.83. The predicted molar refractivity (Wildman–Crippen MR) is 49.9 cm³/mol. The van der Waals surface area contributed by atoms with Crippen molar-refractivity contribution >= 4 is 40.7 Å². The first kappa shape index (κ1) is 9.84. The molecule has 3 nitrogen and oxygen atoms in total. The summed E-state index contributed by atoms with van der Waals surface area (Å²) in [6, 6.07) is 0. The Hall–Kier alpha value is 0.300. The lowest BCUT2D eigenvalue weighted by atomic mass is 9.87. The average molecular weight is 245 g/mol. The van der Waals surface area contributed by atoms with Crippen molar-refractivity contribution in [3.05, 3.63) is 0 Å². The van der Waals surface area contributed by atoms with E-state index >= 15 is 0 Å². The van der Waals surface area contributed by atoms with Crippen LogP contribution in [0.3, 0.4) is 0 Å². The monoisotopic (exact) mass is 243 g/mol. The number of ether oxygens (including phenoxy) is 1. The Morgan fingerprint density at radius 2 is 1.92 bits per heavy atom. The van der Waals surface area contributed by atoms with Gasteiger partial charge in [-0.1, -0.05) is 34.8 Å². The number of amides is 1. The van der Waals surface area contributed by atoms with Crippen LogP contribution in [0.5, 0.6) is 0 Å². The molecule has 13 heavy (non-hydrogen) atoms. The number of nitrogens with two attached hydrogens (primary N) is 1. The van der Waals surface area contributed by atoms with Crippen molar-refractivity contribution in [1.29, 1.82) is 0 Å². The van der Waals surface area contributed by atoms with Crippen LogP contribution in [0.25, 0.3) is 0 Å². The summed E-state index contributed by atoms with van der Waals surface area (Å²) < 4.78 is 3.86. The average Bonchev–Trinajstić information content (AvgIpc) is 2.58. The molecule has 2 fully saturated rings. The molecule has 1 saturated heterocycles. The van der Waals surface area contributed by atoms with E-state index in [0.29, 0.717) is 12.8 Å². The zero-order valence-electron chi connectivity index (χ0n) is 6.65. The zero-order chi connectivity index (χ0) is 9.91. The van der Waals surface area contributed by atoms with E-state index in [1.807, 2.05) is 0 Å². The van der Waals surface area contributed by atoms with Gasteiger partial charge in [0.15, 0.2) is 9.39 Å². The second-order valence-electron chi connectivity index (χ2n) is 3.43. The first-order valence-electron chi connectivity index (χ1n) is 3.93. The van der Waals surface area contributed by atoms with E-state index < -0.39 is 20.9 Å². The molecule has 0 aromatic carbocycles. The Labute approximate surface area is 90.4 Å². The molecule has 1 amide bonds. The number of epoxide rings is 1. The first-order valence-corrected chi connectivity index (χ1v) is 5.06. The van der Waals surface area contributed by atoms with E-state index in [2.05, 4.69) is 0 Å². The first-order chi connectivity index (χ1) is 5.86. The molecule has 1 aliphatic carbocycles. The van der Waals surface area contributed by atoms with Gasteiger partial charge >= 0.3 is 0 Å². The summed E-state index contributed by atoms with van der Waals surface area (Å²) in [6.45, 7) is 0. The van der Waals surface area contributed by atoms with Gasteiger partial charge in [-0.25, -0.2) is 0 Å². The number of rotatable bonds is 1.